The second-order valence-corrected chi connectivity index (χ2v) is 7.50. The van der Waals surface area contributed by atoms with Crippen molar-refractivity contribution in [1.82, 2.24) is 9.88 Å². The van der Waals surface area contributed by atoms with E-state index in [9.17, 15) is 14.4 Å². The Morgan fingerprint density at radius 2 is 1.97 bits per heavy atom. The van der Waals surface area contributed by atoms with Crippen LogP contribution in [0.15, 0.2) is 36.5 Å². The largest absolute Gasteiger partial charge is 0.493 e. The van der Waals surface area contributed by atoms with Crippen molar-refractivity contribution in [2.24, 2.45) is 5.73 Å². The van der Waals surface area contributed by atoms with Crippen LogP contribution in [-0.2, 0) is 9.53 Å². The fraction of sp³-hybridized carbons (Fsp3) is 0.391. The number of hydrogen-bond donors (Lipinski definition) is 1. The molecule has 0 unspecified atom stereocenters. The third-order valence-electron chi connectivity index (χ3n) is 5.44. The fourth-order valence-corrected chi connectivity index (χ4v) is 3.82. The molecule has 9 heteroatoms. The lowest BCUT2D eigenvalue weighted by Crippen LogP contribution is -2.37. The zero-order valence-corrected chi connectivity index (χ0v) is 18.4. The molecule has 0 radical (unpaired) electrons. The molecule has 2 N–H and O–H groups in total. The third kappa shape index (κ3) is 5.16. The van der Waals surface area contributed by atoms with Crippen LogP contribution >= 0.6 is 0 Å². The van der Waals surface area contributed by atoms with Crippen LogP contribution in [0.2, 0.25) is 0 Å². The molecule has 1 fully saturated rings. The van der Waals surface area contributed by atoms with Gasteiger partial charge in [-0.3, -0.25) is 9.59 Å². The molecule has 0 aliphatic carbocycles. The summed E-state index contributed by atoms with van der Waals surface area (Å²) < 4.78 is 16.4. The van der Waals surface area contributed by atoms with E-state index in [1.54, 1.807) is 12.0 Å². The number of aromatic nitrogens is 1. The standard InChI is InChI=1S/C23H27N3O6/c1-4-31-21-10-15(6-8-20(21)30-3)17-9-18(26(12-17)14(2)27)13-32-23(29)19-7-5-16(11-25-19)22(24)28/h5-8,10-11,17-18H,4,9,12-13H2,1-3H3,(H2,24,28)/t17-,18-/m1/s1. The Labute approximate surface area is 186 Å². The molecule has 0 saturated carbocycles. The van der Waals surface area contributed by atoms with Gasteiger partial charge in [-0.25, -0.2) is 9.78 Å². The molecule has 0 bridgehead atoms. The van der Waals surface area contributed by atoms with Gasteiger partial charge in [0.1, 0.15) is 12.3 Å². The number of rotatable bonds is 8. The normalized spacial score (nSPS) is 17.7. The van der Waals surface area contributed by atoms with Gasteiger partial charge in [-0.1, -0.05) is 6.07 Å². The fourth-order valence-electron chi connectivity index (χ4n) is 3.82. The molecule has 2 amide bonds. The van der Waals surface area contributed by atoms with Gasteiger partial charge in [-0.2, -0.15) is 0 Å². The minimum absolute atomic E-state index is 0.0443. The van der Waals surface area contributed by atoms with Crippen molar-refractivity contribution in [3.8, 4) is 11.5 Å². The van der Waals surface area contributed by atoms with E-state index in [4.69, 9.17) is 19.9 Å². The van der Waals surface area contributed by atoms with E-state index in [-0.39, 0.29) is 35.7 Å². The second kappa shape index (κ2) is 10.1. The first-order valence-electron chi connectivity index (χ1n) is 10.3. The predicted molar refractivity (Wildman–Crippen MR) is 116 cm³/mol. The highest BCUT2D eigenvalue weighted by Crippen LogP contribution is 2.37. The van der Waals surface area contributed by atoms with Gasteiger partial charge < -0.3 is 24.8 Å². The summed E-state index contributed by atoms with van der Waals surface area (Å²) >= 11 is 0. The van der Waals surface area contributed by atoms with Crippen molar-refractivity contribution in [3.05, 3.63) is 53.3 Å². The van der Waals surface area contributed by atoms with Crippen molar-refractivity contribution in [2.75, 3.05) is 26.9 Å². The highest BCUT2D eigenvalue weighted by Gasteiger charge is 2.35. The van der Waals surface area contributed by atoms with E-state index in [1.807, 2.05) is 25.1 Å². The monoisotopic (exact) mass is 441 g/mol. The topological polar surface area (TPSA) is 121 Å². The predicted octanol–water partition coefficient (Wildman–Crippen LogP) is 2.15. The number of hydrogen-bond acceptors (Lipinski definition) is 7. The van der Waals surface area contributed by atoms with Crippen LogP contribution < -0.4 is 15.2 Å². The van der Waals surface area contributed by atoms with Crippen molar-refractivity contribution in [1.29, 1.82) is 0 Å². The van der Waals surface area contributed by atoms with Gasteiger partial charge in [0.15, 0.2) is 11.5 Å². The van der Waals surface area contributed by atoms with E-state index in [2.05, 4.69) is 4.98 Å². The van der Waals surface area contributed by atoms with E-state index in [0.29, 0.717) is 31.1 Å². The van der Waals surface area contributed by atoms with Gasteiger partial charge in [0, 0.05) is 25.6 Å². The number of methoxy groups -OCH3 is 1. The lowest BCUT2D eigenvalue weighted by Gasteiger charge is -2.22. The molecule has 32 heavy (non-hydrogen) atoms. The highest BCUT2D eigenvalue weighted by molar-refractivity contribution is 5.93. The van der Waals surface area contributed by atoms with Crippen LogP contribution in [0, 0.1) is 0 Å². The summed E-state index contributed by atoms with van der Waals surface area (Å²) in [6.07, 6.45) is 1.87. The average molecular weight is 441 g/mol. The zero-order valence-electron chi connectivity index (χ0n) is 18.4. The molecule has 1 aromatic carbocycles. The maximum atomic E-state index is 12.4. The van der Waals surface area contributed by atoms with Crippen LogP contribution in [0.1, 0.15) is 52.6 Å². The summed E-state index contributed by atoms with van der Waals surface area (Å²) in [7, 11) is 1.59. The quantitative estimate of drug-likeness (QED) is 0.623. The number of amides is 2. The summed E-state index contributed by atoms with van der Waals surface area (Å²) in [5.41, 5.74) is 6.47. The maximum Gasteiger partial charge on any atom is 0.356 e. The summed E-state index contributed by atoms with van der Waals surface area (Å²) in [6, 6.07) is 8.29. The number of primary amides is 1. The molecule has 9 nitrogen and oxygen atoms in total. The first kappa shape index (κ1) is 23.1. The van der Waals surface area contributed by atoms with Crippen LogP contribution in [0.5, 0.6) is 11.5 Å². The van der Waals surface area contributed by atoms with Crippen molar-refractivity contribution in [2.45, 2.75) is 32.2 Å². The van der Waals surface area contributed by atoms with Crippen LogP contribution in [0.3, 0.4) is 0 Å². The summed E-state index contributed by atoms with van der Waals surface area (Å²) in [5, 5.41) is 0. The number of nitrogens with zero attached hydrogens (tertiary/aromatic N) is 2. The molecule has 1 saturated heterocycles. The number of esters is 1. The Bertz CT molecular complexity index is 992. The SMILES string of the molecule is CCOc1cc([C@@H]2C[C@H](COC(=O)c3ccc(C(N)=O)cn3)N(C(C)=O)C2)ccc1OC. The molecule has 1 aliphatic heterocycles. The molecule has 1 aromatic heterocycles. The van der Waals surface area contributed by atoms with Crippen LogP contribution in [0.25, 0.3) is 0 Å². The first-order chi connectivity index (χ1) is 15.3. The van der Waals surface area contributed by atoms with Gasteiger partial charge in [0.25, 0.3) is 0 Å². The lowest BCUT2D eigenvalue weighted by molar-refractivity contribution is -0.130. The number of benzene rings is 1. The summed E-state index contributed by atoms with van der Waals surface area (Å²) in [6.45, 7) is 4.47. The molecule has 2 atom stereocenters. The number of nitrogens with two attached hydrogens (primary N) is 1. The Kier molecular flexibility index (Phi) is 7.29. The first-order valence-corrected chi connectivity index (χ1v) is 10.3. The van der Waals surface area contributed by atoms with Crippen molar-refractivity contribution < 1.29 is 28.6 Å². The summed E-state index contributed by atoms with van der Waals surface area (Å²) in [4.78, 5) is 41.3. The molecular weight excluding hydrogens is 414 g/mol. The van der Waals surface area contributed by atoms with Crippen molar-refractivity contribution >= 4 is 17.8 Å². The van der Waals surface area contributed by atoms with E-state index >= 15 is 0 Å². The molecule has 2 heterocycles. The molecule has 0 spiro atoms. The number of carbonyl (C=O) groups is 3. The van der Waals surface area contributed by atoms with Crippen molar-refractivity contribution in [3.63, 3.8) is 0 Å². The maximum absolute atomic E-state index is 12.4. The molecular formula is C23H27N3O6. The van der Waals surface area contributed by atoms with Gasteiger partial charge in [0.2, 0.25) is 11.8 Å². The Morgan fingerprint density at radius 1 is 1.19 bits per heavy atom. The molecule has 3 rings (SSSR count). The third-order valence-corrected chi connectivity index (χ3v) is 5.44. The summed E-state index contributed by atoms with van der Waals surface area (Å²) in [5.74, 6) is 0.0323. The Balaban J connectivity index is 1.69. The second-order valence-electron chi connectivity index (χ2n) is 7.50. The number of pyridine rings is 1. The average Bonchev–Trinajstić information content (AvgIpc) is 3.22. The number of likely N-dealkylation sites (tertiary alicyclic amines) is 1. The van der Waals surface area contributed by atoms with Gasteiger partial charge in [0.05, 0.1) is 25.3 Å². The highest BCUT2D eigenvalue weighted by atomic mass is 16.5. The van der Waals surface area contributed by atoms with E-state index in [0.717, 1.165) is 5.56 Å². The van der Waals surface area contributed by atoms with Crippen LogP contribution in [-0.4, -0.2) is 60.6 Å². The van der Waals surface area contributed by atoms with E-state index < -0.39 is 11.9 Å². The molecule has 2 aromatic rings. The van der Waals surface area contributed by atoms with Gasteiger partial charge >= 0.3 is 5.97 Å². The lowest BCUT2D eigenvalue weighted by atomic mass is 9.96. The minimum Gasteiger partial charge on any atom is -0.493 e. The Morgan fingerprint density at radius 3 is 2.56 bits per heavy atom. The number of carbonyl (C=O) groups excluding carboxylic acids is 3. The smallest absolute Gasteiger partial charge is 0.356 e. The molecule has 1 aliphatic rings. The molecule has 170 valence electrons. The van der Waals surface area contributed by atoms with Gasteiger partial charge in [-0.05, 0) is 43.2 Å². The van der Waals surface area contributed by atoms with E-state index in [1.165, 1.54) is 25.3 Å². The van der Waals surface area contributed by atoms with Crippen LogP contribution in [0.4, 0.5) is 0 Å². The zero-order chi connectivity index (χ0) is 23.3. The van der Waals surface area contributed by atoms with Gasteiger partial charge in [-0.15, -0.1) is 0 Å². The Hall–Kier alpha value is -3.62. The minimum atomic E-state index is -0.629. The number of ether oxygens (including phenoxy) is 3.